The first-order valence-corrected chi connectivity index (χ1v) is 6.29. The van der Waals surface area contributed by atoms with Gasteiger partial charge in [-0.2, -0.15) is 0 Å². The number of hydrogen-bond acceptors (Lipinski definition) is 2. The average Bonchev–Trinajstić information content (AvgIpc) is 2.35. The molecular weight excluding hydrogens is 214 g/mol. The summed E-state index contributed by atoms with van der Waals surface area (Å²) in [7, 11) is 0. The van der Waals surface area contributed by atoms with Crippen LogP contribution in [0.2, 0.25) is 0 Å². The van der Waals surface area contributed by atoms with Crippen LogP contribution in [-0.2, 0) is 6.42 Å². The first-order valence-electron chi connectivity index (χ1n) is 6.29. The molecular formula is C14H19NO2. The average molecular weight is 233 g/mol. The highest BCUT2D eigenvalue weighted by Crippen LogP contribution is 2.33. The van der Waals surface area contributed by atoms with Gasteiger partial charge in [-0.25, -0.2) is 4.79 Å². The van der Waals surface area contributed by atoms with Crippen molar-refractivity contribution in [2.24, 2.45) is 0 Å². The number of carboxylic acids is 1. The van der Waals surface area contributed by atoms with Gasteiger partial charge in [-0.15, -0.1) is 0 Å². The number of fused-ring (bicyclic) bond motifs is 1. The fourth-order valence-corrected chi connectivity index (χ4v) is 2.71. The molecule has 1 aliphatic carbocycles. The highest BCUT2D eigenvalue weighted by Gasteiger charge is 2.24. The Hall–Kier alpha value is -1.35. The Morgan fingerprint density at radius 2 is 2.35 bits per heavy atom. The monoisotopic (exact) mass is 233 g/mol. The van der Waals surface area contributed by atoms with Crippen LogP contribution in [0.3, 0.4) is 0 Å². The second-order valence-corrected chi connectivity index (χ2v) is 4.58. The summed E-state index contributed by atoms with van der Waals surface area (Å²) in [6.45, 7) is 3.89. The lowest BCUT2D eigenvalue weighted by Gasteiger charge is -2.27. The number of hydrogen-bond donors (Lipinski definition) is 2. The third-order valence-electron chi connectivity index (χ3n) is 3.47. The lowest BCUT2D eigenvalue weighted by Crippen LogP contribution is -2.26. The molecule has 0 radical (unpaired) electrons. The van der Waals surface area contributed by atoms with E-state index in [2.05, 4.69) is 18.3 Å². The molecule has 0 saturated carbocycles. The van der Waals surface area contributed by atoms with E-state index in [1.165, 1.54) is 5.56 Å². The molecule has 2 rings (SSSR count). The molecule has 0 bridgehead atoms. The van der Waals surface area contributed by atoms with Gasteiger partial charge in [0, 0.05) is 6.54 Å². The lowest BCUT2D eigenvalue weighted by molar-refractivity contribution is 0.0694. The first-order chi connectivity index (χ1) is 8.24. The quantitative estimate of drug-likeness (QED) is 0.839. The largest absolute Gasteiger partial charge is 0.478 e. The Balaban J connectivity index is 2.36. The van der Waals surface area contributed by atoms with Gasteiger partial charge in [0.25, 0.3) is 0 Å². The second-order valence-electron chi connectivity index (χ2n) is 4.58. The summed E-state index contributed by atoms with van der Waals surface area (Å²) in [6, 6.07) is 5.66. The minimum absolute atomic E-state index is 0.353. The highest BCUT2D eigenvalue weighted by molar-refractivity contribution is 5.90. The van der Waals surface area contributed by atoms with Crippen molar-refractivity contribution in [3.63, 3.8) is 0 Å². The Morgan fingerprint density at radius 3 is 3.06 bits per heavy atom. The number of aryl methyl sites for hydroxylation is 1. The molecule has 0 fully saturated rings. The molecule has 0 saturated heterocycles. The van der Waals surface area contributed by atoms with Crippen LogP contribution >= 0.6 is 0 Å². The number of carboxylic acid groups (broad SMARTS) is 1. The standard InChI is InChI=1S/C14H19NO2/c1-2-15-9-11-7-3-5-10-6-4-8-12(13(10)11)14(16)17/h4,6,8,11,15H,2-3,5,7,9H2,1H3,(H,16,17). The van der Waals surface area contributed by atoms with Crippen LogP contribution in [0.25, 0.3) is 0 Å². The van der Waals surface area contributed by atoms with Gasteiger partial charge in [-0.05, 0) is 48.9 Å². The van der Waals surface area contributed by atoms with E-state index in [1.807, 2.05) is 6.07 Å². The van der Waals surface area contributed by atoms with Crippen molar-refractivity contribution in [2.75, 3.05) is 13.1 Å². The molecule has 1 aliphatic rings. The first kappa shape index (κ1) is 12.1. The van der Waals surface area contributed by atoms with Crippen molar-refractivity contribution in [3.05, 3.63) is 34.9 Å². The van der Waals surface area contributed by atoms with E-state index >= 15 is 0 Å². The molecule has 0 aromatic heterocycles. The van der Waals surface area contributed by atoms with Crippen molar-refractivity contribution < 1.29 is 9.90 Å². The normalized spacial score (nSPS) is 18.8. The van der Waals surface area contributed by atoms with Gasteiger partial charge in [-0.3, -0.25) is 0 Å². The van der Waals surface area contributed by atoms with E-state index < -0.39 is 5.97 Å². The molecule has 1 aromatic rings. The zero-order valence-electron chi connectivity index (χ0n) is 10.2. The molecule has 0 amide bonds. The molecule has 1 atom stereocenters. The molecule has 1 unspecified atom stereocenters. The number of aromatic carboxylic acids is 1. The van der Waals surface area contributed by atoms with Crippen LogP contribution in [0.1, 0.15) is 47.2 Å². The van der Waals surface area contributed by atoms with Crippen molar-refractivity contribution >= 4 is 5.97 Å². The van der Waals surface area contributed by atoms with E-state index in [4.69, 9.17) is 0 Å². The zero-order valence-corrected chi connectivity index (χ0v) is 10.2. The predicted molar refractivity (Wildman–Crippen MR) is 67.6 cm³/mol. The molecule has 2 N–H and O–H groups in total. The predicted octanol–water partition coefficient (Wildman–Crippen LogP) is 2.41. The van der Waals surface area contributed by atoms with Gasteiger partial charge in [0.05, 0.1) is 5.56 Å². The maximum absolute atomic E-state index is 11.3. The van der Waals surface area contributed by atoms with Crippen molar-refractivity contribution in [1.82, 2.24) is 5.32 Å². The zero-order chi connectivity index (χ0) is 12.3. The number of likely N-dealkylation sites (N-methyl/N-ethyl adjacent to an activating group) is 1. The molecule has 0 aliphatic heterocycles. The van der Waals surface area contributed by atoms with Crippen molar-refractivity contribution in [3.8, 4) is 0 Å². The molecule has 17 heavy (non-hydrogen) atoms. The van der Waals surface area contributed by atoms with Crippen molar-refractivity contribution in [1.29, 1.82) is 0 Å². The summed E-state index contributed by atoms with van der Waals surface area (Å²) in [5.41, 5.74) is 2.77. The summed E-state index contributed by atoms with van der Waals surface area (Å²) >= 11 is 0. The molecule has 3 nitrogen and oxygen atoms in total. The second kappa shape index (κ2) is 5.32. The van der Waals surface area contributed by atoms with E-state index in [1.54, 1.807) is 6.07 Å². The van der Waals surface area contributed by atoms with Gasteiger partial charge in [0.2, 0.25) is 0 Å². The molecule has 0 spiro atoms. The molecule has 0 heterocycles. The van der Waals surface area contributed by atoms with E-state index in [0.717, 1.165) is 37.9 Å². The summed E-state index contributed by atoms with van der Waals surface area (Å²) in [6.07, 6.45) is 3.26. The van der Waals surface area contributed by atoms with Crippen molar-refractivity contribution in [2.45, 2.75) is 32.1 Å². The summed E-state index contributed by atoms with van der Waals surface area (Å²) in [5.74, 6) is -0.448. The van der Waals surface area contributed by atoms with Crippen LogP contribution in [0.4, 0.5) is 0 Å². The minimum Gasteiger partial charge on any atom is -0.478 e. The summed E-state index contributed by atoms with van der Waals surface area (Å²) < 4.78 is 0. The fourth-order valence-electron chi connectivity index (χ4n) is 2.71. The maximum atomic E-state index is 11.3. The van der Waals surface area contributed by atoms with E-state index in [-0.39, 0.29) is 0 Å². The number of rotatable bonds is 4. The smallest absolute Gasteiger partial charge is 0.335 e. The summed E-state index contributed by atoms with van der Waals surface area (Å²) in [4.78, 5) is 11.3. The molecule has 92 valence electrons. The molecule has 3 heteroatoms. The Morgan fingerprint density at radius 1 is 1.53 bits per heavy atom. The van der Waals surface area contributed by atoms with Crippen LogP contribution in [0, 0.1) is 0 Å². The topological polar surface area (TPSA) is 49.3 Å². The van der Waals surface area contributed by atoms with E-state index in [0.29, 0.717) is 11.5 Å². The van der Waals surface area contributed by atoms with Crippen LogP contribution in [-0.4, -0.2) is 24.2 Å². The lowest BCUT2D eigenvalue weighted by atomic mass is 9.80. The van der Waals surface area contributed by atoms with Crippen LogP contribution in [0.15, 0.2) is 18.2 Å². The van der Waals surface area contributed by atoms with Gasteiger partial charge >= 0.3 is 5.97 Å². The van der Waals surface area contributed by atoms with Gasteiger partial charge < -0.3 is 10.4 Å². The third kappa shape index (κ3) is 2.50. The third-order valence-corrected chi connectivity index (χ3v) is 3.47. The van der Waals surface area contributed by atoms with Gasteiger partial charge in [-0.1, -0.05) is 19.1 Å². The van der Waals surface area contributed by atoms with Crippen LogP contribution in [0.5, 0.6) is 0 Å². The number of carbonyl (C=O) groups is 1. The highest BCUT2D eigenvalue weighted by atomic mass is 16.4. The van der Waals surface area contributed by atoms with Gasteiger partial charge in [0.15, 0.2) is 0 Å². The number of nitrogens with one attached hydrogen (secondary N) is 1. The van der Waals surface area contributed by atoms with Gasteiger partial charge in [0.1, 0.15) is 0 Å². The SMILES string of the molecule is CCNCC1CCCc2cccc(C(=O)O)c21. The Bertz CT molecular complexity index is 415. The minimum atomic E-state index is -0.801. The van der Waals surface area contributed by atoms with Crippen LogP contribution < -0.4 is 5.32 Å². The Kier molecular flexibility index (Phi) is 3.79. The molecule has 1 aromatic carbocycles. The maximum Gasteiger partial charge on any atom is 0.335 e. The Labute approximate surface area is 102 Å². The van der Waals surface area contributed by atoms with E-state index in [9.17, 15) is 9.90 Å². The fraction of sp³-hybridized carbons (Fsp3) is 0.500. The number of benzene rings is 1. The summed E-state index contributed by atoms with van der Waals surface area (Å²) in [5, 5.41) is 12.6.